The van der Waals surface area contributed by atoms with Crippen LogP contribution in [-0.2, 0) is 9.47 Å². The predicted molar refractivity (Wildman–Crippen MR) is 58.7 cm³/mol. The lowest BCUT2D eigenvalue weighted by atomic mass is 10.4. The summed E-state index contributed by atoms with van der Waals surface area (Å²) < 4.78 is 9.50. The second kappa shape index (κ2) is 5.71. The number of hydrogen-bond acceptors (Lipinski definition) is 3. The lowest BCUT2D eigenvalue weighted by Gasteiger charge is -2.08. The van der Waals surface area contributed by atoms with E-state index < -0.39 is 14.2 Å². The summed E-state index contributed by atoms with van der Waals surface area (Å²) in [6.45, 7) is 10.2. The van der Waals surface area contributed by atoms with Gasteiger partial charge in [-0.15, -0.1) is 5.54 Å². The standard InChI is InChI=1S/C10H18O3Si/c1-6-12-10(11)13-9(2)7-8-14(3,4)5/h9H,6H2,1-5H3. The third kappa shape index (κ3) is 7.68. The molecule has 0 aliphatic carbocycles. The topological polar surface area (TPSA) is 35.5 Å². The molecular weight excluding hydrogens is 196 g/mol. The van der Waals surface area contributed by atoms with E-state index in [1.54, 1.807) is 13.8 Å². The normalized spacial score (nSPS) is 12.4. The van der Waals surface area contributed by atoms with Crippen molar-refractivity contribution in [2.24, 2.45) is 0 Å². The Labute approximate surface area is 86.8 Å². The van der Waals surface area contributed by atoms with Crippen LogP contribution in [0.2, 0.25) is 19.6 Å². The maximum atomic E-state index is 10.9. The number of carbonyl (C=O) groups excluding carboxylic acids is 1. The van der Waals surface area contributed by atoms with Crippen molar-refractivity contribution in [1.29, 1.82) is 0 Å². The Morgan fingerprint density at radius 2 is 2.00 bits per heavy atom. The molecule has 3 nitrogen and oxygen atoms in total. The van der Waals surface area contributed by atoms with Crippen molar-refractivity contribution >= 4 is 14.2 Å². The molecule has 0 aliphatic rings. The van der Waals surface area contributed by atoms with Crippen LogP contribution in [0, 0.1) is 11.5 Å². The monoisotopic (exact) mass is 214 g/mol. The highest BCUT2D eigenvalue weighted by Crippen LogP contribution is 1.98. The summed E-state index contributed by atoms with van der Waals surface area (Å²) in [5, 5.41) is 0. The minimum atomic E-state index is -1.38. The van der Waals surface area contributed by atoms with E-state index in [4.69, 9.17) is 4.74 Å². The van der Waals surface area contributed by atoms with Gasteiger partial charge in [-0.25, -0.2) is 4.79 Å². The van der Waals surface area contributed by atoms with E-state index in [1.165, 1.54) is 0 Å². The maximum Gasteiger partial charge on any atom is 0.509 e. The molecule has 0 N–H and O–H groups in total. The van der Waals surface area contributed by atoms with Gasteiger partial charge in [-0.05, 0) is 13.8 Å². The molecule has 0 rings (SSSR count). The zero-order chi connectivity index (χ0) is 11.2. The first-order valence-electron chi connectivity index (χ1n) is 4.71. The molecule has 0 saturated heterocycles. The number of carbonyl (C=O) groups is 1. The largest absolute Gasteiger partial charge is 0.509 e. The second-order valence-electron chi connectivity index (χ2n) is 3.96. The summed E-state index contributed by atoms with van der Waals surface area (Å²) in [7, 11) is -1.38. The van der Waals surface area contributed by atoms with Crippen LogP contribution in [0.5, 0.6) is 0 Å². The van der Waals surface area contributed by atoms with Crippen molar-refractivity contribution in [2.75, 3.05) is 6.61 Å². The van der Waals surface area contributed by atoms with Crippen LogP contribution in [0.3, 0.4) is 0 Å². The van der Waals surface area contributed by atoms with Gasteiger partial charge in [0.15, 0.2) is 6.10 Å². The SMILES string of the molecule is CCOC(=O)OC(C)C#C[Si](C)(C)C. The molecule has 0 aliphatic heterocycles. The molecule has 0 amide bonds. The Morgan fingerprint density at radius 1 is 1.43 bits per heavy atom. The molecule has 0 aromatic carbocycles. The number of ether oxygens (including phenoxy) is 2. The van der Waals surface area contributed by atoms with E-state index in [1.807, 2.05) is 0 Å². The molecule has 0 bridgehead atoms. The van der Waals surface area contributed by atoms with Gasteiger partial charge in [0.05, 0.1) is 6.61 Å². The summed E-state index contributed by atoms with van der Waals surface area (Å²) >= 11 is 0. The van der Waals surface area contributed by atoms with Crippen LogP contribution >= 0.6 is 0 Å². The summed E-state index contributed by atoms with van der Waals surface area (Å²) in [4.78, 5) is 10.9. The quantitative estimate of drug-likeness (QED) is 0.402. The molecule has 0 saturated carbocycles. The van der Waals surface area contributed by atoms with Crippen molar-refractivity contribution in [3.05, 3.63) is 0 Å². The van der Waals surface area contributed by atoms with Gasteiger partial charge in [0.25, 0.3) is 0 Å². The van der Waals surface area contributed by atoms with Crippen molar-refractivity contribution in [1.82, 2.24) is 0 Å². The van der Waals surface area contributed by atoms with Gasteiger partial charge < -0.3 is 9.47 Å². The molecule has 1 unspecified atom stereocenters. The molecule has 4 heteroatoms. The van der Waals surface area contributed by atoms with E-state index in [9.17, 15) is 4.79 Å². The van der Waals surface area contributed by atoms with Gasteiger partial charge in [-0.1, -0.05) is 25.6 Å². The van der Waals surface area contributed by atoms with Crippen molar-refractivity contribution in [3.63, 3.8) is 0 Å². The van der Waals surface area contributed by atoms with Crippen LogP contribution in [-0.4, -0.2) is 26.9 Å². The fourth-order valence-electron chi connectivity index (χ4n) is 0.644. The van der Waals surface area contributed by atoms with E-state index in [0.29, 0.717) is 6.61 Å². The first-order chi connectivity index (χ1) is 6.35. The summed E-state index contributed by atoms with van der Waals surface area (Å²) in [6.07, 6.45) is -1.04. The highest BCUT2D eigenvalue weighted by Gasteiger charge is 2.10. The molecule has 0 aromatic rings. The zero-order valence-electron chi connectivity index (χ0n) is 9.51. The van der Waals surface area contributed by atoms with E-state index in [0.717, 1.165) is 0 Å². The highest BCUT2D eigenvalue weighted by molar-refractivity contribution is 6.83. The molecule has 1 atom stereocenters. The smallest absolute Gasteiger partial charge is 0.435 e. The Morgan fingerprint density at radius 3 is 2.43 bits per heavy atom. The van der Waals surface area contributed by atoms with Gasteiger partial charge in [0.1, 0.15) is 8.07 Å². The predicted octanol–water partition coefficient (Wildman–Crippen LogP) is 2.43. The number of hydrogen-bond donors (Lipinski definition) is 0. The average Bonchev–Trinajstić information content (AvgIpc) is 2.00. The van der Waals surface area contributed by atoms with Crippen LogP contribution in [0.25, 0.3) is 0 Å². The van der Waals surface area contributed by atoms with E-state index >= 15 is 0 Å². The summed E-state index contributed by atoms with van der Waals surface area (Å²) in [5.41, 5.74) is 3.13. The van der Waals surface area contributed by atoms with Gasteiger partial charge in [0.2, 0.25) is 0 Å². The van der Waals surface area contributed by atoms with Gasteiger partial charge >= 0.3 is 6.16 Å². The van der Waals surface area contributed by atoms with Crippen LogP contribution in [0.15, 0.2) is 0 Å². The van der Waals surface area contributed by atoms with Crippen molar-refractivity contribution < 1.29 is 14.3 Å². The van der Waals surface area contributed by atoms with E-state index in [2.05, 4.69) is 35.8 Å². The first kappa shape index (κ1) is 13.0. The fourth-order valence-corrected chi connectivity index (χ4v) is 1.28. The fraction of sp³-hybridized carbons (Fsp3) is 0.700. The van der Waals surface area contributed by atoms with E-state index in [-0.39, 0.29) is 6.10 Å². The second-order valence-corrected chi connectivity index (χ2v) is 8.71. The minimum absolute atomic E-state index is 0.326. The number of rotatable bonds is 2. The Kier molecular flexibility index (Phi) is 5.32. The third-order valence-corrected chi connectivity index (χ3v) is 2.08. The Bertz CT molecular complexity index is 244. The Hall–Kier alpha value is -0.953. The molecule has 0 radical (unpaired) electrons. The minimum Gasteiger partial charge on any atom is -0.435 e. The van der Waals surface area contributed by atoms with Gasteiger partial charge in [-0.2, -0.15) is 0 Å². The van der Waals surface area contributed by atoms with Crippen LogP contribution in [0.4, 0.5) is 4.79 Å². The molecule has 14 heavy (non-hydrogen) atoms. The molecule has 0 aromatic heterocycles. The zero-order valence-corrected chi connectivity index (χ0v) is 10.5. The molecule has 0 heterocycles. The lowest BCUT2D eigenvalue weighted by molar-refractivity contribution is 0.0477. The van der Waals surface area contributed by atoms with Crippen LogP contribution in [0.1, 0.15) is 13.8 Å². The molecular formula is C10H18O3Si. The first-order valence-corrected chi connectivity index (χ1v) is 8.21. The third-order valence-electron chi connectivity index (χ3n) is 1.19. The van der Waals surface area contributed by atoms with Crippen molar-refractivity contribution in [3.8, 4) is 11.5 Å². The maximum absolute atomic E-state index is 10.9. The molecule has 0 spiro atoms. The molecule has 0 fully saturated rings. The average molecular weight is 214 g/mol. The van der Waals surface area contributed by atoms with Crippen LogP contribution < -0.4 is 0 Å². The highest BCUT2D eigenvalue weighted by atomic mass is 28.3. The molecule has 80 valence electrons. The van der Waals surface area contributed by atoms with Crippen molar-refractivity contribution in [2.45, 2.75) is 39.6 Å². The summed E-state index contributed by atoms with van der Waals surface area (Å²) in [6, 6.07) is 0. The van der Waals surface area contributed by atoms with Gasteiger partial charge in [-0.3, -0.25) is 0 Å². The Balaban J connectivity index is 4.02. The summed E-state index contributed by atoms with van der Waals surface area (Å²) in [5.74, 6) is 2.90. The lowest BCUT2D eigenvalue weighted by Crippen LogP contribution is -2.19. The van der Waals surface area contributed by atoms with Gasteiger partial charge in [0, 0.05) is 0 Å².